The molecular formula is C22H24N8O. The lowest BCUT2D eigenvalue weighted by molar-refractivity contribution is 0.122. The molecule has 2 aliphatic rings. The summed E-state index contributed by atoms with van der Waals surface area (Å²) >= 11 is 0. The van der Waals surface area contributed by atoms with E-state index >= 15 is 0 Å². The summed E-state index contributed by atoms with van der Waals surface area (Å²) in [7, 11) is 0. The first-order valence-electron chi connectivity index (χ1n) is 10.7. The number of morpholine rings is 1. The zero-order chi connectivity index (χ0) is 20.8. The van der Waals surface area contributed by atoms with Crippen LogP contribution in [0.25, 0.3) is 5.52 Å². The number of nitrogens with zero attached hydrogens (tertiary/aromatic N) is 7. The summed E-state index contributed by atoms with van der Waals surface area (Å²) in [5, 5.41) is 4.91. The van der Waals surface area contributed by atoms with E-state index in [4.69, 9.17) is 9.84 Å². The lowest BCUT2D eigenvalue weighted by Crippen LogP contribution is -2.39. The first-order valence-corrected chi connectivity index (χ1v) is 10.7. The fourth-order valence-electron chi connectivity index (χ4n) is 4.59. The fraction of sp³-hybridized carbons (Fsp3) is 0.364. The van der Waals surface area contributed by atoms with Gasteiger partial charge in [-0.15, -0.1) is 0 Å². The van der Waals surface area contributed by atoms with E-state index < -0.39 is 0 Å². The van der Waals surface area contributed by atoms with Crippen molar-refractivity contribution in [2.45, 2.75) is 19.4 Å². The van der Waals surface area contributed by atoms with E-state index in [0.717, 1.165) is 73.5 Å². The van der Waals surface area contributed by atoms with Gasteiger partial charge >= 0.3 is 0 Å². The Morgan fingerprint density at radius 3 is 2.81 bits per heavy atom. The fourth-order valence-corrected chi connectivity index (χ4v) is 4.59. The van der Waals surface area contributed by atoms with Gasteiger partial charge in [-0.3, -0.25) is 0 Å². The van der Waals surface area contributed by atoms with Crippen LogP contribution in [0, 0.1) is 6.92 Å². The molecule has 31 heavy (non-hydrogen) atoms. The average Bonchev–Trinajstić information content (AvgIpc) is 3.47. The molecule has 9 nitrogen and oxygen atoms in total. The molecule has 0 saturated carbocycles. The van der Waals surface area contributed by atoms with E-state index in [1.165, 1.54) is 5.56 Å². The van der Waals surface area contributed by atoms with E-state index in [2.05, 4.69) is 54.9 Å². The van der Waals surface area contributed by atoms with Crippen molar-refractivity contribution in [2.24, 2.45) is 0 Å². The smallest absolute Gasteiger partial charge is 0.134 e. The molecule has 6 rings (SSSR count). The number of ether oxygens (including phenoxy) is 1. The van der Waals surface area contributed by atoms with Gasteiger partial charge in [0.05, 0.1) is 36.4 Å². The number of hydrogen-bond donors (Lipinski definition) is 1. The molecule has 4 aromatic heterocycles. The molecule has 1 saturated heterocycles. The molecule has 0 bridgehead atoms. The number of hydrogen-bond acceptors (Lipinski definition) is 7. The number of rotatable bonds is 3. The second-order valence-electron chi connectivity index (χ2n) is 8.04. The maximum atomic E-state index is 5.49. The van der Waals surface area contributed by atoms with Crippen LogP contribution in [0.3, 0.4) is 0 Å². The molecule has 9 heteroatoms. The van der Waals surface area contributed by atoms with Crippen LogP contribution in [-0.2, 0) is 11.2 Å². The molecule has 0 radical (unpaired) electrons. The highest BCUT2D eigenvalue weighted by atomic mass is 16.5. The van der Waals surface area contributed by atoms with Crippen LogP contribution in [0.1, 0.15) is 28.7 Å². The van der Waals surface area contributed by atoms with E-state index in [9.17, 15) is 0 Å². The maximum absolute atomic E-state index is 5.49. The summed E-state index contributed by atoms with van der Waals surface area (Å²) in [5.41, 5.74) is 5.45. The number of pyridine rings is 1. The topological polar surface area (TPSA) is 87.5 Å². The van der Waals surface area contributed by atoms with Crippen LogP contribution in [0.5, 0.6) is 0 Å². The lowest BCUT2D eigenvalue weighted by atomic mass is 9.99. The van der Waals surface area contributed by atoms with Gasteiger partial charge in [-0.25, -0.2) is 19.5 Å². The van der Waals surface area contributed by atoms with Crippen molar-refractivity contribution in [3.05, 3.63) is 65.8 Å². The minimum Gasteiger partial charge on any atom is -0.378 e. The summed E-state index contributed by atoms with van der Waals surface area (Å²) in [6.45, 7) is 6.07. The van der Waals surface area contributed by atoms with Crippen LogP contribution in [0.2, 0.25) is 0 Å². The summed E-state index contributed by atoms with van der Waals surface area (Å²) < 4.78 is 7.44. The predicted molar refractivity (Wildman–Crippen MR) is 116 cm³/mol. The standard InChI is InChI=1S/C22H24N8O/c1-15-3-2-5-30-18(15)11-17(27-30)22-21-16(23-13-26-21)4-6-29(22)20-12-19(24-14-25-20)28-7-9-31-10-8-28/h2-3,5,11-14,22H,4,6-10H2,1H3,(H,23,26)/t22-/m1/s1. The van der Waals surface area contributed by atoms with Gasteiger partial charge in [-0.2, -0.15) is 5.10 Å². The van der Waals surface area contributed by atoms with Gasteiger partial charge in [0, 0.05) is 44.0 Å². The third kappa shape index (κ3) is 3.12. The molecule has 4 aromatic rings. The van der Waals surface area contributed by atoms with Crippen molar-refractivity contribution in [1.29, 1.82) is 0 Å². The van der Waals surface area contributed by atoms with Gasteiger partial charge in [0.2, 0.25) is 0 Å². The van der Waals surface area contributed by atoms with Crippen molar-refractivity contribution in [1.82, 2.24) is 29.5 Å². The molecule has 1 atom stereocenters. The number of anilines is 2. The Bertz CT molecular complexity index is 1230. The molecule has 0 aromatic carbocycles. The second kappa shape index (κ2) is 7.35. The zero-order valence-electron chi connectivity index (χ0n) is 17.4. The maximum Gasteiger partial charge on any atom is 0.134 e. The summed E-state index contributed by atoms with van der Waals surface area (Å²) in [6.07, 6.45) is 6.31. The van der Waals surface area contributed by atoms with Crippen LogP contribution in [0.15, 0.2) is 43.1 Å². The molecule has 0 spiro atoms. The van der Waals surface area contributed by atoms with Crippen LogP contribution >= 0.6 is 0 Å². The summed E-state index contributed by atoms with van der Waals surface area (Å²) in [6, 6.07) is 8.27. The van der Waals surface area contributed by atoms with Crippen molar-refractivity contribution >= 4 is 17.2 Å². The van der Waals surface area contributed by atoms with Gasteiger partial charge < -0.3 is 19.5 Å². The Kier molecular flexibility index (Phi) is 4.34. The highest BCUT2D eigenvalue weighted by Gasteiger charge is 2.34. The van der Waals surface area contributed by atoms with Gasteiger partial charge in [0.1, 0.15) is 24.0 Å². The van der Waals surface area contributed by atoms with E-state index in [1.807, 2.05) is 16.8 Å². The van der Waals surface area contributed by atoms with Crippen molar-refractivity contribution in [2.75, 3.05) is 42.6 Å². The molecule has 6 heterocycles. The summed E-state index contributed by atoms with van der Waals surface area (Å²) in [4.78, 5) is 21.7. The Morgan fingerprint density at radius 1 is 1.06 bits per heavy atom. The monoisotopic (exact) mass is 416 g/mol. The van der Waals surface area contributed by atoms with E-state index in [1.54, 1.807) is 12.7 Å². The quantitative estimate of drug-likeness (QED) is 0.547. The molecule has 0 amide bonds. The van der Waals surface area contributed by atoms with E-state index in [0.29, 0.717) is 0 Å². The van der Waals surface area contributed by atoms with Gasteiger partial charge in [0.15, 0.2) is 0 Å². The molecule has 2 aliphatic heterocycles. The first kappa shape index (κ1) is 18.3. The third-order valence-electron chi connectivity index (χ3n) is 6.20. The van der Waals surface area contributed by atoms with Crippen molar-refractivity contribution in [3.8, 4) is 0 Å². The number of aromatic amines is 1. The number of nitrogens with one attached hydrogen (secondary N) is 1. The Hall–Kier alpha value is -3.46. The Morgan fingerprint density at radius 2 is 1.94 bits per heavy atom. The molecular weight excluding hydrogens is 392 g/mol. The highest BCUT2D eigenvalue weighted by Crippen LogP contribution is 2.36. The summed E-state index contributed by atoms with van der Waals surface area (Å²) in [5.74, 6) is 1.83. The van der Waals surface area contributed by atoms with Gasteiger partial charge in [0.25, 0.3) is 0 Å². The zero-order valence-corrected chi connectivity index (χ0v) is 17.4. The minimum atomic E-state index is -0.110. The van der Waals surface area contributed by atoms with Gasteiger partial charge in [-0.1, -0.05) is 6.07 Å². The van der Waals surface area contributed by atoms with Gasteiger partial charge in [-0.05, 0) is 24.6 Å². The molecule has 0 aliphatic carbocycles. The Labute approximate surface area is 179 Å². The number of aryl methyl sites for hydroxylation is 1. The molecule has 0 unspecified atom stereocenters. The number of fused-ring (bicyclic) bond motifs is 2. The highest BCUT2D eigenvalue weighted by molar-refractivity contribution is 5.59. The number of imidazole rings is 1. The predicted octanol–water partition coefficient (Wildman–Crippen LogP) is 2.14. The van der Waals surface area contributed by atoms with Crippen LogP contribution < -0.4 is 9.80 Å². The third-order valence-corrected chi connectivity index (χ3v) is 6.20. The first-order chi connectivity index (χ1) is 15.3. The SMILES string of the molecule is Cc1cccn2nc([C@@H]3c4nc[nH]c4CCN3c3cc(N4CCOCC4)ncn3)cc12. The average molecular weight is 416 g/mol. The number of H-pyrrole nitrogens is 1. The minimum absolute atomic E-state index is 0.110. The largest absolute Gasteiger partial charge is 0.378 e. The van der Waals surface area contributed by atoms with Crippen molar-refractivity contribution < 1.29 is 4.74 Å². The molecule has 1 N–H and O–H groups in total. The lowest BCUT2D eigenvalue weighted by Gasteiger charge is -2.35. The van der Waals surface area contributed by atoms with Crippen LogP contribution in [0.4, 0.5) is 11.6 Å². The normalized spacial score (nSPS) is 19.1. The molecule has 1 fully saturated rings. The number of aromatic nitrogens is 6. The molecule has 158 valence electrons. The van der Waals surface area contributed by atoms with E-state index in [-0.39, 0.29) is 6.04 Å². The Balaban J connectivity index is 1.44. The van der Waals surface area contributed by atoms with Crippen molar-refractivity contribution in [3.63, 3.8) is 0 Å². The second-order valence-corrected chi connectivity index (χ2v) is 8.04. The van der Waals surface area contributed by atoms with Crippen LogP contribution in [-0.4, -0.2) is 62.4 Å².